The average molecular weight is 300 g/mol. The molecule has 1 atom stereocenters. The van der Waals surface area contributed by atoms with E-state index < -0.39 is 6.04 Å². The molecule has 1 fully saturated rings. The predicted molar refractivity (Wildman–Crippen MR) is 83.0 cm³/mol. The zero-order valence-corrected chi connectivity index (χ0v) is 12.9. The zero-order chi connectivity index (χ0) is 16.1. The first-order valence-corrected chi connectivity index (χ1v) is 7.39. The number of imide groups is 1. The number of nitrogens with zero attached hydrogens (tertiary/aromatic N) is 4. The van der Waals surface area contributed by atoms with E-state index in [-0.39, 0.29) is 18.6 Å². The first-order valence-electron chi connectivity index (χ1n) is 7.39. The Morgan fingerprint density at radius 1 is 1.27 bits per heavy atom. The molecule has 1 saturated heterocycles. The van der Waals surface area contributed by atoms with Gasteiger partial charge < -0.3 is 0 Å². The predicted octanol–water partition coefficient (Wildman–Crippen LogP) is 2.04. The molecule has 1 aromatic carbocycles. The Bertz CT molecular complexity index is 582. The number of hydrogen-bond donors (Lipinski definition) is 0. The molecule has 2 rings (SSSR count). The van der Waals surface area contributed by atoms with Gasteiger partial charge in [0.2, 0.25) is 0 Å². The summed E-state index contributed by atoms with van der Waals surface area (Å²) in [5.74, 6) is -0.204. The van der Waals surface area contributed by atoms with Gasteiger partial charge in [-0.15, -0.1) is 0 Å². The summed E-state index contributed by atoms with van der Waals surface area (Å²) in [5.41, 5.74) is 0.718. The van der Waals surface area contributed by atoms with E-state index in [0.717, 1.165) is 5.69 Å². The van der Waals surface area contributed by atoms with Crippen LogP contribution < -0.4 is 4.90 Å². The molecular weight excluding hydrogens is 280 g/mol. The summed E-state index contributed by atoms with van der Waals surface area (Å²) in [7, 11) is 0. The molecule has 0 bridgehead atoms. The van der Waals surface area contributed by atoms with Gasteiger partial charge in [0.25, 0.3) is 5.91 Å². The third-order valence-corrected chi connectivity index (χ3v) is 3.81. The van der Waals surface area contributed by atoms with Gasteiger partial charge in [0.1, 0.15) is 6.04 Å². The second kappa shape index (κ2) is 7.05. The first-order chi connectivity index (χ1) is 10.6. The summed E-state index contributed by atoms with van der Waals surface area (Å²) in [6.45, 7) is 5.13. The number of carbonyl (C=O) groups excluding carboxylic acids is 2. The molecule has 0 radical (unpaired) electrons. The van der Waals surface area contributed by atoms with Crippen molar-refractivity contribution in [3.05, 3.63) is 30.3 Å². The van der Waals surface area contributed by atoms with Gasteiger partial charge in [-0.05, 0) is 25.6 Å². The van der Waals surface area contributed by atoms with Crippen molar-refractivity contribution in [2.45, 2.75) is 26.3 Å². The van der Waals surface area contributed by atoms with E-state index in [1.807, 2.05) is 42.2 Å². The first kappa shape index (κ1) is 16.0. The molecule has 0 aromatic heterocycles. The molecule has 1 aliphatic rings. The molecule has 0 N–H and O–H groups in total. The Kier molecular flexibility index (Phi) is 5.12. The standard InChI is InChI=1S/C16H20N4O2/c1-3-18(11-7-10-17)12-19-15(21)13(2)20(16(19)22)14-8-5-4-6-9-14/h4-6,8-9,13H,3,7,11-12H2,1-2H3/t13-/m0/s1. The largest absolute Gasteiger partial charge is 0.333 e. The molecule has 1 heterocycles. The lowest BCUT2D eigenvalue weighted by Gasteiger charge is -2.24. The van der Waals surface area contributed by atoms with E-state index in [1.54, 1.807) is 6.92 Å². The summed E-state index contributed by atoms with van der Waals surface area (Å²) in [5, 5.41) is 8.68. The monoisotopic (exact) mass is 300 g/mol. The van der Waals surface area contributed by atoms with E-state index >= 15 is 0 Å². The van der Waals surface area contributed by atoms with Crippen LogP contribution in [-0.4, -0.2) is 47.5 Å². The van der Waals surface area contributed by atoms with Gasteiger partial charge in [0.05, 0.1) is 12.7 Å². The van der Waals surface area contributed by atoms with Crippen LogP contribution in [0.25, 0.3) is 0 Å². The van der Waals surface area contributed by atoms with Crippen LogP contribution >= 0.6 is 0 Å². The smallest absolute Gasteiger partial charge is 0.285 e. The van der Waals surface area contributed by atoms with Crippen molar-refractivity contribution >= 4 is 17.6 Å². The second-order valence-electron chi connectivity index (χ2n) is 5.19. The van der Waals surface area contributed by atoms with Crippen molar-refractivity contribution < 1.29 is 9.59 Å². The SMILES string of the molecule is CCN(CCC#N)CN1C(=O)[C@H](C)N(c2ccccc2)C1=O. The molecule has 6 heteroatoms. The van der Waals surface area contributed by atoms with Gasteiger partial charge in [-0.2, -0.15) is 5.26 Å². The lowest BCUT2D eigenvalue weighted by molar-refractivity contribution is -0.128. The number of amides is 3. The number of anilines is 1. The molecule has 1 aromatic rings. The maximum atomic E-state index is 12.6. The summed E-state index contributed by atoms with van der Waals surface area (Å²) in [6, 6.07) is 10.5. The number of hydrogen-bond acceptors (Lipinski definition) is 4. The highest BCUT2D eigenvalue weighted by Gasteiger charge is 2.43. The van der Waals surface area contributed by atoms with Crippen LogP contribution in [0, 0.1) is 11.3 Å². The van der Waals surface area contributed by atoms with Crippen LogP contribution in [0.1, 0.15) is 20.3 Å². The highest BCUT2D eigenvalue weighted by Crippen LogP contribution is 2.25. The average Bonchev–Trinajstić information content (AvgIpc) is 2.75. The van der Waals surface area contributed by atoms with Gasteiger partial charge in [0.15, 0.2) is 0 Å². The molecule has 1 aliphatic heterocycles. The van der Waals surface area contributed by atoms with Gasteiger partial charge in [-0.3, -0.25) is 14.6 Å². The van der Waals surface area contributed by atoms with Crippen LogP contribution in [0.2, 0.25) is 0 Å². The second-order valence-corrected chi connectivity index (χ2v) is 5.19. The topological polar surface area (TPSA) is 67.7 Å². The van der Waals surface area contributed by atoms with Crippen LogP contribution in [0.4, 0.5) is 10.5 Å². The molecule has 3 amide bonds. The Labute approximate surface area is 130 Å². The fraction of sp³-hybridized carbons (Fsp3) is 0.438. The minimum Gasteiger partial charge on any atom is -0.285 e. The Morgan fingerprint density at radius 3 is 2.55 bits per heavy atom. The van der Waals surface area contributed by atoms with E-state index in [0.29, 0.717) is 19.5 Å². The molecule has 0 saturated carbocycles. The number of rotatable bonds is 6. The molecule has 116 valence electrons. The highest BCUT2D eigenvalue weighted by molar-refractivity contribution is 6.13. The van der Waals surface area contributed by atoms with E-state index in [9.17, 15) is 9.59 Å². The van der Waals surface area contributed by atoms with Gasteiger partial charge in [-0.1, -0.05) is 25.1 Å². The molecule has 0 aliphatic carbocycles. The summed E-state index contributed by atoms with van der Waals surface area (Å²) in [6.07, 6.45) is 0.377. The van der Waals surface area contributed by atoms with Gasteiger partial charge in [0, 0.05) is 18.7 Å². The molecule has 22 heavy (non-hydrogen) atoms. The van der Waals surface area contributed by atoms with Crippen molar-refractivity contribution in [1.29, 1.82) is 5.26 Å². The minimum absolute atomic E-state index is 0.204. The quantitative estimate of drug-likeness (QED) is 0.754. The van der Waals surface area contributed by atoms with Gasteiger partial charge in [-0.25, -0.2) is 9.69 Å². The van der Waals surface area contributed by atoms with Crippen LogP contribution in [0.15, 0.2) is 30.3 Å². The fourth-order valence-corrected chi connectivity index (χ4v) is 2.52. The number of urea groups is 1. The van der Waals surface area contributed by atoms with Crippen molar-refractivity contribution in [3.8, 4) is 6.07 Å². The van der Waals surface area contributed by atoms with E-state index in [4.69, 9.17) is 5.26 Å². The van der Waals surface area contributed by atoms with Crippen LogP contribution in [0.3, 0.4) is 0 Å². The fourth-order valence-electron chi connectivity index (χ4n) is 2.52. The highest BCUT2D eigenvalue weighted by atomic mass is 16.2. The molecular formula is C16H20N4O2. The van der Waals surface area contributed by atoms with Crippen molar-refractivity contribution in [2.24, 2.45) is 0 Å². The zero-order valence-electron chi connectivity index (χ0n) is 12.9. The number of benzene rings is 1. The number of nitriles is 1. The molecule has 6 nitrogen and oxygen atoms in total. The normalized spacial score (nSPS) is 18.2. The summed E-state index contributed by atoms with van der Waals surface area (Å²) < 4.78 is 0. The maximum Gasteiger partial charge on any atom is 0.333 e. The van der Waals surface area contributed by atoms with E-state index in [1.165, 1.54) is 9.80 Å². The third kappa shape index (κ3) is 3.10. The van der Waals surface area contributed by atoms with Crippen molar-refractivity contribution in [3.63, 3.8) is 0 Å². The van der Waals surface area contributed by atoms with Crippen LogP contribution in [-0.2, 0) is 4.79 Å². The van der Waals surface area contributed by atoms with Crippen molar-refractivity contribution in [1.82, 2.24) is 9.80 Å². The lowest BCUT2D eigenvalue weighted by Crippen LogP contribution is -2.42. The minimum atomic E-state index is -0.510. The summed E-state index contributed by atoms with van der Waals surface area (Å²) in [4.78, 5) is 29.7. The Hall–Kier alpha value is -2.39. The van der Waals surface area contributed by atoms with E-state index in [2.05, 4.69) is 6.07 Å². The maximum absolute atomic E-state index is 12.6. The molecule has 0 spiro atoms. The van der Waals surface area contributed by atoms with Gasteiger partial charge >= 0.3 is 6.03 Å². The number of carbonyl (C=O) groups is 2. The number of para-hydroxylation sites is 1. The van der Waals surface area contributed by atoms with Crippen molar-refractivity contribution in [2.75, 3.05) is 24.7 Å². The summed E-state index contributed by atoms with van der Waals surface area (Å²) >= 11 is 0. The third-order valence-electron chi connectivity index (χ3n) is 3.81. The lowest BCUT2D eigenvalue weighted by atomic mass is 10.2. The van der Waals surface area contributed by atoms with Crippen LogP contribution in [0.5, 0.6) is 0 Å². The Morgan fingerprint density at radius 2 is 1.95 bits per heavy atom. The molecule has 0 unspecified atom stereocenters. The Balaban J connectivity index is 2.15.